The summed E-state index contributed by atoms with van der Waals surface area (Å²) in [7, 11) is -2.11. The first-order valence-corrected chi connectivity index (χ1v) is 9.39. The molecule has 0 atom stereocenters. The molecule has 0 aliphatic carbocycles. The van der Waals surface area contributed by atoms with Gasteiger partial charge in [-0.2, -0.15) is 4.31 Å². The summed E-state index contributed by atoms with van der Waals surface area (Å²) in [6.45, 7) is 2.56. The van der Waals surface area contributed by atoms with E-state index in [0.29, 0.717) is 24.6 Å². The Labute approximate surface area is 147 Å². The van der Waals surface area contributed by atoms with Crippen LogP contribution in [0.2, 0.25) is 0 Å². The van der Waals surface area contributed by atoms with Crippen LogP contribution in [0.1, 0.15) is 12.5 Å². The molecule has 0 radical (unpaired) electrons. The molecule has 0 saturated carbocycles. The quantitative estimate of drug-likeness (QED) is 0.839. The van der Waals surface area contributed by atoms with Gasteiger partial charge in [-0.3, -0.25) is 4.79 Å². The highest BCUT2D eigenvalue weighted by molar-refractivity contribution is 7.89. The zero-order valence-electron chi connectivity index (χ0n) is 14.2. The summed E-state index contributed by atoms with van der Waals surface area (Å²) >= 11 is 0. The lowest BCUT2D eigenvalue weighted by molar-refractivity contribution is -0.116. The molecular formula is C18H20N2O4S. The van der Waals surface area contributed by atoms with Crippen LogP contribution in [0.3, 0.4) is 0 Å². The Morgan fingerprint density at radius 2 is 1.92 bits per heavy atom. The normalized spacial score (nSPS) is 14.1. The summed E-state index contributed by atoms with van der Waals surface area (Å²) in [6.07, 6.45) is 0. The van der Waals surface area contributed by atoms with Gasteiger partial charge in [0.2, 0.25) is 15.9 Å². The van der Waals surface area contributed by atoms with Gasteiger partial charge in [0.1, 0.15) is 12.4 Å². The Hall–Kier alpha value is -2.38. The minimum absolute atomic E-state index is 0.0960. The van der Waals surface area contributed by atoms with Gasteiger partial charge in [0, 0.05) is 26.6 Å². The number of ether oxygens (including phenoxy) is 1. The number of hydrogen-bond acceptors (Lipinski definition) is 4. The molecule has 2 aromatic carbocycles. The fourth-order valence-electron chi connectivity index (χ4n) is 2.79. The van der Waals surface area contributed by atoms with Gasteiger partial charge < -0.3 is 9.64 Å². The van der Waals surface area contributed by atoms with Crippen molar-refractivity contribution in [3.05, 3.63) is 54.1 Å². The van der Waals surface area contributed by atoms with Crippen molar-refractivity contribution < 1.29 is 17.9 Å². The summed E-state index contributed by atoms with van der Waals surface area (Å²) in [5.74, 6) is 0.317. The third-order valence-corrected chi connectivity index (χ3v) is 5.93. The number of carbonyl (C=O) groups excluding carboxylic acids is 1. The Balaban J connectivity index is 1.89. The van der Waals surface area contributed by atoms with Gasteiger partial charge >= 0.3 is 0 Å². The molecule has 1 amide bonds. The molecule has 132 valence electrons. The van der Waals surface area contributed by atoms with E-state index in [9.17, 15) is 13.2 Å². The SMILES string of the molecule is CC(=O)N1CCOc2cc(S(=O)(=O)N(C)Cc3ccccc3)ccc21. The number of fused-ring (bicyclic) bond motifs is 1. The third-order valence-electron chi connectivity index (χ3n) is 4.13. The average Bonchev–Trinajstić information content (AvgIpc) is 2.61. The van der Waals surface area contributed by atoms with Gasteiger partial charge in [0.15, 0.2) is 0 Å². The largest absolute Gasteiger partial charge is 0.489 e. The van der Waals surface area contributed by atoms with Gasteiger partial charge in [-0.15, -0.1) is 0 Å². The van der Waals surface area contributed by atoms with E-state index in [1.165, 1.54) is 23.4 Å². The zero-order valence-corrected chi connectivity index (χ0v) is 15.0. The first-order chi connectivity index (χ1) is 11.9. The van der Waals surface area contributed by atoms with Crippen molar-refractivity contribution in [1.82, 2.24) is 4.31 Å². The number of amides is 1. The molecule has 1 aliphatic rings. The summed E-state index contributed by atoms with van der Waals surface area (Å²) in [5.41, 5.74) is 1.51. The van der Waals surface area contributed by atoms with Crippen LogP contribution in [-0.2, 0) is 21.4 Å². The van der Waals surface area contributed by atoms with Gasteiger partial charge in [0.05, 0.1) is 17.1 Å². The fourth-order valence-corrected chi connectivity index (χ4v) is 3.97. The molecule has 0 unspecified atom stereocenters. The van der Waals surface area contributed by atoms with Crippen molar-refractivity contribution in [3.8, 4) is 5.75 Å². The highest BCUT2D eigenvalue weighted by Gasteiger charge is 2.26. The molecule has 3 rings (SSSR count). The second-order valence-corrected chi connectivity index (χ2v) is 7.94. The molecular weight excluding hydrogens is 340 g/mol. The molecule has 0 spiro atoms. The summed E-state index contributed by atoms with van der Waals surface area (Å²) in [4.78, 5) is 13.4. The van der Waals surface area contributed by atoms with Crippen LogP contribution in [-0.4, -0.2) is 38.8 Å². The summed E-state index contributed by atoms with van der Waals surface area (Å²) in [5, 5.41) is 0. The molecule has 0 N–H and O–H groups in total. The van der Waals surface area contributed by atoms with E-state index in [1.807, 2.05) is 30.3 Å². The highest BCUT2D eigenvalue weighted by atomic mass is 32.2. The van der Waals surface area contributed by atoms with E-state index in [2.05, 4.69) is 0 Å². The minimum Gasteiger partial charge on any atom is -0.489 e. The molecule has 25 heavy (non-hydrogen) atoms. The Kier molecular flexibility index (Phi) is 4.78. The summed E-state index contributed by atoms with van der Waals surface area (Å²) in [6, 6.07) is 14.0. The van der Waals surface area contributed by atoms with E-state index >= 15 is 0 Å². The molecule has 2 aromatic rings. The average molecular weight is 360 g/mol. The molecule has 1 aliphatic heterocycles. The predicted octanol–water partition coefficient (Wildman–Crippen LogP) is 2.25. The monoisotopic (exact) mass is 360 g/mol. The van der Waals surface area contributed by atoms with Gasteiger partial charge in [-0.25, -0.2) is 8.42 Å². The van der Waals surface area contributed by atoms with Gasteiger partial charge in [-0.05, 0) is 17.7 Å². The van der Waals surface area contributed by atoms with Gasteiger partial charge in [-0.1, -0.05) is 30.3 Å². The molecule has 6 nitrogen and oxygen atoms in total. The number of benzene rings is 2. The Morgan fingerprint density at radius 3 is 2.60 bits per heavy atom. The standard InChI is InChI=1S/C18H20N2O4S/c1-14(21)20-10-11-24-18-12-16(8-9-17(18)20)25(22,23)19(2)13-15-6-4-3-5-7-15/h3-9,12H,10-11,13H2,1-2H3. The maximum atomic E-state index is 12.8. The van der Waals surface area contributed by atoms with Crippen LogP contribution in [0, 0.1) is 0 Å². The molecule has 0 fully saturated rings. The number of hydrogen-bond donors (Lipinski definition) is 0. The summed E-state index contributed by atoms with van der Waals surface area (Å²) < 4.78 is 32.5. The van der Waals surface area contributed by atoms with Crippen LogP contribution in [0.5, 0.6) is 5.75 Å². The Morgan fingerprint density at radius 1 is 1.20 bits per heavy atom. The van der Waals surface area contributed by atoms with E-state index in [0.717, 1.165) is 5.56 Å². The topological polar surface area (TPSA) is 66.9 Å². The number of nitrogens with zero attached hydrogens (tertiary/aromatic N) is 2. The molecule has 0 aromatic heterocycles. The molecule has 0 saturated heterocycles. The third kappa shape index (κ3) is 3.52. The van der Waals surface area contributed by atoms with Crippen molar-refractivity contribution >= 4 is 21.6 Å². The van der Waals surface area contributed by atoms with Crippen LogP contribution < -0.4 is 9.64 Å². The van der Waals surface area contributed by atoms with E-state index in [-0.39, 0.29) is 17.3 Å². The van der Waals surface area contributed by atoms with Crippen LogP contribution in [0.25, 0.3) is 0 Å². The van der Waals surface area contributed by atoms with Crippen molar-refractivity contribution in [2.24, 2.45) is 0 Å². The highest BCUT2D eigenvalue weighted by Crippen LogP contribution is 2.34. The van der Waals surface area contributed by atoms with Crippen molar-refractivity contribution in [3.63, 3.8) is 0 Å². The van der Waals surface area contributed by atoms with Crippen molar-refractivity contribution in [1.29, 1.82) is 0 Å². The number of rotatable bonds is 4. The second-order valence-electron chi connectivity index (χ2n) is 5.90. The lowest BCUT2D eigenvalue weighted by atomic mass is 10.2. The number of anilines is 1. The first-order valence-electron chi connectivity index (χ1n) is 7.95. The first kappa shape index (κ1) is 17.4. The lowest BCUT2D eigenvalue weighted by Gasteiger charge is -2.29. The van der Waals surface area contributed by atoms with Crippen LogP contribution in [0.15, 0.2) is 53.4 Å². The smallest absolute Gasteiger partial charge is 0.243 e. The van der Waals surface area contributed by atoms with E-state index < -0.39 is 10.0 Å². The Bertz CT molecular complexity index is 881. The predicted molar refractivity (Wildman–Crippen MR) is 95.1 cm³/mol. The second kappa shape index (κ2) is 6.85. The maximum Gasteiger partial charge on any atom is 0.243 e. The van der Waals surface area contributed by atoms with Gasteiger partial charge in [0.25, 0.3) is 0 Å². The van der Waals surface area contributed by atoms with E-state index in [1.54, 1.807) is 18.0 Å². The van der Waals surface area contributed by atoms with E-state index in [4.69, 9.17) is 4.74 Å². The van der Waals surface area contributed by atoms with Crippen molar-refractivity contribution in [2.75, 3.05) is 25.1 Å². The maximum absolute atomic E-state index is 12.8. The van der Waals surface area contributed by atoms with Crippen LogP contribution >= 0.6 is 0 Å². The minimum atomic E-state index is -3.66. The zero-order chi connectivity index (χ0) is 18.0. The molecule has 1 heterocycles. The molecule has 0 bridgehead atoms. The number of sulfonamides is 1. The molecule has 7 heteroatoms. The number of carbonyl (C=O) groups is 1. The fraction of sp³-hybridized carbons (Fsp3) is 0.278. The van der Waals surface area contributed by atoms with Crippen LogP contribution in [0.4, 0.5) is 5.69 Å². The lowest BCUT2D eigenvalue weighted by Crippen LogP contribution is -2.36. The van der Waals surface area contributed by atoms with Crippen molar-refractivity contribution in [2.45, 2.75) is 18.4 Å².